The van der Waals surface area contributed by atoms with Crippen LogP contribution in [-0.2, 0) is 4.79 Å². The molecule has 14 heavy (non-hydrogen) atoms. The van der Waals surface area contributed by atoms with Crippen LogP contribution in [0, 0.1) is 5.92 Å². The Bertz CT molecular complexity index is 206. The van der Waals surface area contributed by atoms with Crippen LogP contribution < -0.4 is 11.1 Å². The van der Waals surface area contributed by atoms with E-state index in [9.17, 15) is 9.59 Å². The summed E-state index contributed by atoms with van der Waals surface area (Å²) in [6.07, 6.45) is 2.15. The van der Waals surface area contributed by atoms with Gasteiger partial charge in [-0.25, -0.2) is 4.79 Å². The van der Waals surface area contributed by atoms with Crippen molar-refractivity contribution in [2.75, 3.05) is 0 Å². The molecular weight excluding hydrogens is 184 g/mol. The van der Waals surface area contributed by atoms with E-state index in [1.165, 1.54) is 0 Å². The molecule has 0 rings (SSSR count). The van der Waals surface area contributed by atoms with E-state index in [4.69, 9.17) is 10.8 Å². The van der Waals surface area contributed by atoms with E-state index in [2.05, 4.69) is 5.32 Å². The maximum Gasteiger partial charge on any atom is 0.312 e. The molecule has 0 spiro atoms. The van der Waals surface area contributed by atoms with Gasteiger partial charge in [0.25, 0.3) is 0 Å². The molecule has 5 heteroatoms. The van der Waals surface area contributed by atoms with Gasteiger partial charge in [0.1, 0.15) is 0 Å². The lowest BCUT2D eigenvalue weighted by molar-refractivity contribution is -0.141. The Morgan fingerprint density at radius 3 is 2.36 bits per heavy atom. The van der Waals surface area contributed by atoms with Crippen LogP contribution in [0.3, 0.4) is 0 Å². The highest BCUT2D eigenvalue weighted by molar-refractivity contribution is 5.71. The lowest BCUT2D eigenvalue weighted by Gasteiger charge is -2.12. The summed E-state index contributed by atoms with van der Waals surface area (Å²) in [6, 6.07) is -0.530. The second-order valence-corrected chi connectivity index (χ2v) is 3.58. The molecule has 0 aliphatic carbocycles. The summed E-state index contributed by atoms with van der Waals surface area (Å²) in [5.41, 5.74) is 4.93. The molecule has 2 atom stereocenters. The van der Waals surface area contributed by atoms with Crippen molar-refractivity contribution in [2.24, 2.45) is 11.7 Å². The first-order chi connectivity index (χ1) is 6.43. The summed E-state index contributed by atoms with van der Waals surface area (Å²) in [4.78, 5) is 20.9. The number of nitrogens with one attached hydrogen (secondary N) is 1. The van der Waals surface area contributed by atoms with Gasteiger partial charge >= 0.3 is 12.0 Å². The third kappa shape index (κ3) is 6.28. The van der Waals surface area contributed by atoms with Crippen molar-refractivity contribution in [3.63, 3.8) is 0 Å². The van der Waals surface area contributed by atoms with Crippen molar-refractivity contribution in [2.45, 2.75) is 39.2 Å². The smallest absolute Gasteiger partial charge is 0.312 e. The van der Waals surface area contributed by atoms with Crippen molar-refractivity contribution >= 4 is 12.0 Å². The molecule has 0 aliphatic rings. The van der Waals surface area contributed by atoms with E-state index in [0.717, 1.165) is 12.8 Å². The summed E-state index contributed by atoms with van der Waals surface area (Å²) in [5, 5.41) is 11.1. The number of urea groups is 1. The Kier molecular flexibility index (Phi) is 5.67. The molecule has 82 valence electrons. The maximum absolute atomic E-state index is 10.5. The summed E-state index contributed by atoms with van der Waals surface area (Å²) in [7, 11) is 0. The first kappa shape index (κ1) is 12.7. The summed E-state index contributed by atoms with van der Waals surface area (Å²) in [5.74, 6) is -1.10. The fourth-order valence-corrected chi connectivity index (χ4v) is 1.17. The standard InChI is InChI=1S/C9H18N2O3/c1-6(8(12)13)4-3-5-7(2)11-9(10)14/h6-7H,3-5H2,1-2H3,(H,12,13)(H3,10,11,14). The van der Waals surface area contributed by atoms with Crippen LogP contribution in [0.25, 0.3) is 0 Å². The van der Waals surface area contributed by atoms with E-state index >= 15 is 0 Å². The van der Waals surface area contributed by atoms with Gasteiger partial charge in [-0.15, -0.1) is 0 Å². The zero-order chi connectivity index (χ0) is 11.1. The molecule has 0 fully saturated rings. The van der Waals surface area contributed by atoms with Gasteiger partial charge in [0.05, 0.1) is 5.92 Å². The molecule has 0 bridgehead atoms. The van der Waals surface area contributed by atoms with Gasteiger partial charge in [-0.1, -0.05) is 13.3 Å². The SMILES string of the molecule is CC(CCCC(C)C(=O)O)NC(N)=O. The molecule has 4 N–H and O–H groups in total. The number of carbonyl (C=O) groups excluding carboxylic acids is 1. The van der Waals surface area contributed by atoms with Crippen LogP contribution in [0.15, 0.2) is 0 Å². The fraction of sp³-hybridized carbons (Fsp3) is 0.778. The predicted octanol–water partition coefficient (Wildman–Crippen LogP) is 0.934. The van der Waals surface area contributed by atoms with Crippen LogP contribution in [0.1, 0.15) is 33.1 Å². The lowest BCUT2D eigenvalue weighted by atomic mass is 10.0. The molecule has 0 radical (unpaired) electrons. The molecule has 0 aliphatic heterocycles. The van der Waals surface area contributed by atoms with Crippen molar-refractivity contribution in [1.82, 2.24) is 5.32 Å². The molecule has 0 aromatic rings. The van der Waals surface area contributed by atoms with Gasteiger partial charge in [-0.2, -0.15) is 0 Å². The minimum atomic E-state index is -0.777. The molecule has 0 aromatic heterocycles. The van der Waals surface area contributed by atoms with Crippen LogP contribution in [-0.4, -0.2) is 23.1 Å². The fourth-order valence-electron chi connectivity index (χ4n) is 1.17. The van der Waals surface area contributed by atoms with Gasteiger partial charge < -0.3 is 16.2 Å². The number of amides is 2. The van der Waals surface area contributed by atoms with Gasteiger partial charge in [0.15, 0.2) is 0 Å². The second-order valence-electron chi connectivity index (χ2n) is 3.58. The molecule has 2 amide bonds. The Morgan fingerprint density at radius 2 is 1.93 bits per heavy atom. The summed E-state index contributed by atoms with van der Waals surface area (Å²) >= 11 is 0. The zero-order valence-corrected chi connectivity index (χ0v) is 8.62. The number of aliphatic carboxylic acids is 1. The first-order valence-electron chi connectivity index (χ1n) is 4.72. The Morgan fingerprint density at radius 1 is 1.36 bits per heavy atom. The molecule has 0 heterocycles. The average Bonchev–Trinajstić information content (AvgIpc) is 2.02. The van der Waals surface area contributed by atoms with E-state index in [0.29, 0.717) is 6.42 Å². The number of hydrogen-bond donors (Lipinski definition) is 3. The van der Waals surface area contributed by atoms with Crippen LogP contribution in [0.5, 0.6) is 0 Å². The number of carboxylic acid groups (broad SMARTS) is 1. The molecule has 2 unspecified atom stereocenters. The Hall–Kier alpha value is -1.26. The number of nitrogens with two attached hydrogens (primary N) is 1. The van der Waals surface area contributed by atoms with Gasteiger partial charge in [-0.05, 0) is 19.8 Å². The van der Waals surface area contributed by atoms with Gasteiger partial charge in [-0.3, -0.25) is 4.79 Å². The summed E-state index contributed by atoms with van der Waals surface area (Å²) in [6.45, 7) is 3.52. The van der Waals surface area contributed by atoms with E-state index < -0.39 is 12.0 Å². The van der Waals surface area contributed by atoms with Crippen molar-refractivity contribution in [1.29, 1.82) is 0 Å². The number of carbonyl (C=O) groups is 2. The van der Waals surface area contributed by atoms with Gasteiger partial charge in [0.2, 0.25) is 0 Å². The molecule has 5 nitrogen and oxygen atoms in total. The molecule has 0 saturated heterocycles. The topological polar surface area (TPSA) is 92.4 Å². The number of rotatable bonds is 6. The van der Waals surface area contributed by atoms with Crippen LogP contribution >= 0.6 is 0 Å². The van der Waals surface area contributed by atoms with Gasteiger partial charge in [0, 0.05) is 6.04 Å². The van der Waals surface area contributed by atoms with Crippen molar-refractivity contribution in [3.05, 3.63) is 0 Å². The largest absolute Gasteiger partial charge is 0.481 e. The number of primary amides is 1. The van der Waals surface area contributed by atoms with Crippen molar-refractivity contribution in [3.8, 4) is 0 Å². The lowest BCUT2D eigenvalue weighted by Crippen LogP contribution is -2.36. The minimum absolute atomic E-state index is 0.00787. The average molecular weight is 202 g/mol. The van der Waals surface area contributed by atoms with E-state index in [-0.39, 0.29) is 12.0 Å². The van der Waals surface area contributed by atoms with Crippen LogP contribution in [0.4, 0.5) is 4.79 Å². The quantitative estimate of drug-likeness (QED) is 0.598. The third-order valence-corrected chi connectivity index (χ3v) is 2.08. The summed E-state index contributed by atoms with van der Waals surface area (Å²) < 4.78 is 0. The monoisotopic (exact) mass is 202 g/mol. The highest BCUT2D eigenvalue weighted by Crippen LogP contribution is 2.09. The van der Waals surface area contributed by atoms with Crippen LogP contribution in [0.2, 0.25) is 0 Å². The first-order valence-corrected chi connectivity index (χ1v) is 4.72. The number of hydrogen-bond acceptors (Lipinski definition) is 2. The molecular formula is C9H18N2O3. The highest BCUT2D eigenvalue weighted by Gasteiger charge is 2.11. The van der Waals surface area contributed by atoms with Crippen molar-refractivity contribution < 1.29 is 14.7 Å². The Labute approximate surface area is 83.7 Å². The number of carboxylic acids is 1. The zero-order valence-electron chi connectivity index (χ0n) is 8.62. The normalized spacial score (nSPS) is 14.4. The Balaban J connectivity index is 3.53. The molecule has 0 saturated carbocycles. The second kappa shape index (κ2) is 6.23. The maximum atomic E-state index is 10.5. The highest BCUT2D eigenvalue weighted by atomic mass is 16.4. The van der Waals surface area contributed by atoms with E-state index in [1.807, 2.05) is 6.92 Å². The molecule has 0 aromatic carbocycles. The predicted molar refractivity (Wildman–Crippen MR) is 52.8 cm³/mol. The van der Waals surface area contributed by atoms with E-state index in [1.54, 1.807) is 6.92 Å². The third-order valence-electron chi connectivity index (χ3n) is 2.08. The minimum Gasteiger partial charge on any atom is -0.481 e.